The second-order valence-corrected chi connectivity index (χ2v) is 15.5. The lowest BCUT2D eigenvalue weighted by atomic mass is 9.87. The number of hydrogen-bond acceptors (Lipinski definition) is 2. The van der Waals surface area contributed by atoms with E-state index < -0.39 is 0 Å². The van der Waals surface area contributed by atoms with E-state index in [1.807, 2.05) is 24.3 Å². The Morgan fingerprint density at radius 3 is 1.53 bits per heavy atom. The minimum atomic E-state index is 0.604. The van der Waals surface area contributed by atoms with Crippen molar-refractivity contribution in [3.8, 4) is 11.8 Å². The largest absolute Gasteiger partial charge is 0.310 e. The molecule has 60 heavy (non-hydrogen) atoms. The molecular formula is C56H32N4. The van der Waals surface area contributed by atoms with E-state index in [-0.39, 0.29) is 0 Å². The molecule has 11 aromatic carbocycles. The lowest BCUT2D eigenvalue weighted by Crippen LogP contribution is -2.09. The van der Waals surface area contributed by atoms with Crippen LogP contribution < -0.4 is 4.90 Å². The molecule has 0 saturated carbocycles. The molecule has 0 bridgehead atoms. The third kappa shape index (κ3) is 4.96. The average Bonchev–Trinajstić information content (AvgIpc) is 3.64. The highest BCUT2D eigenvalue weighted by atomic mass is 15.1. The van der Waals surface area contributed by atoms with Crippen molar-refractivity contribution in [2.45, 2.75) is 0 Å². The van der Waals surface area contributed by atoms with Crippen molar-refractivity contribution in [2.24, 2.45) is 0 Å². The van der Waals surface area contributed by atoms with Crippen molar-refractivity contribution in [3.63, 3.8) is 0 Å². The molecule has 4 heteroatoms. The highest BCUT2D eigenvalue weighted by Crippen LogP contribution is 2.46. The van der Waals surface area contributed by atoms with Crippen LogP contribution >= 0.6 is 0 Å². The van der Waals surface area contributed by atoms with Crippen LogP contribution in [-0.2, 0) is 0 Å². The van der Waals surface area contributed by atoms with E-state index in [9.17, 15) is 5.26 Å². The fraction of sp³-hybridized carbons (Fsp3) is 0. The fourth-order valence-electron chi connectivity index (χ4n) is 9.67. The lowest BCUT2D eigenvalue weighted by Gasteiger charge is -2.26. The Kier molecular flexibility index (Phi) is 7.32. The van der Waals surface area contributed by atoms with E-state index in [2.05, 4.69) is 190 Å². The van der Waals surface area contributed by atoms with Crippen molar-refractivity contribution >= 4 is 109 Å². The van der Waals surface area contributed by atoms with Gasteiger partial charge in [0.25, 0.3) is 0 Å². The highest BCUT2D eigenvalue weighted by molar-refractivity contribution is 6.34. The molecule has 0 aliphatic rings. The minimum Gasteiger partial charge on any atom is -0.310 e. The van der Waals surface area contributed by atoms with Crippen molar-refractivity contribution in [2.75, 3.05) is 4.90 Å². The van der Waals surface area contributed by atoms with Crippen LogP contribution in [0.1, 0.15) is 5.56 Å². The third-order valence-electron chi connectivity index (χ3n) is 12.3. The van der Waals surface area contributed by atoms with Gasteiger partial charge in [-0.2, -0.15) is 5.26 Å². The summed E-state index contributed by atoms with van der Waals surface area (Å²) in [6.45, 7) is 8.04. The molecule has 0 unspecified atom stereocenters. The van der Waals surface area contributed by atoms with E-state index in [1.54, 1.807) is 0 Å². The van der Waals surface area contributed by atoms with Gasteiger partial charge in [-0.1, -0.05) is 97.1 Å². The summed E-state index contributed by atoms with van der Waals surface area (Å²) in [5.41, 5.74) is 7.81. The van der Waals surface area contributed by atoms with Gasteiger partial charge in [0, 0.05) is 33.5 Å². The van der Waals surface area contributed by atoms with Gasteiger partial charge in [0.1, 0.15) is 0 Å². The molecule has 4 nitrogen and oxygen atoms in total. The van der Waals surface area contributed by atoms with E-state index in [0.29, 0.717) is 11.3 Å². The standard InChI is InChI=1S/C56H32N4/c1-58-36-22-25-42-46(28-36)50-31-51-49(30-48(50)43-26-23-40(29-47(42)43)59(37-13-5-2-6-14-37)38-15-7-3-8-16-38)45-27-35(34-57)21-24-41(45)53-33-56-54(32-52(51)53)44-19-11-12-20-55(44)60(56)39-17-9-4-10-18-39/h2-33H. The Morgan fingerprint density at radius 1 is 0.383 bits per heavy atom. The first-order valence-corrected chi connectivity index (χ1v) is 20.1. The van der Waals surface area contributed by atoms with Gasteiger partial charge in [-0.3, -0.25) is 0 Å². The third-order valence-corrected chi connectivity index (χ3v) is 12.3. The summed E-state index contributed by atoms with van der Waals surface area (Å²) >= 11 is 0. The first-order valence-electron chi connectivity index (χ1n) is 20.1. The van der Waals surface area contributed by atoms with Crippen LogP contribution in [0.4, 0.5) is 22.7 Å². The van der Waals surface area contributed by atoms with Crippen LogP contribution in [0.15, 0.2) is 194 Å². The van der Waals surface area contributed by atoms with Crippen LogP contribution in [0.25, 0.3) is 97.0 Å². The van der Waals surface area contributed by atoms with Gasteiger partial charge in [0.2, 0.25) is 0 Å². The molecule has 12 aromatic rings. The molecule has 12 rings (SSSR count). The van der Waals surface area contributed by atoms with Gasteiger partial charge in [0.15, 0.2) is 5.69 Å². The number of para-hydroxylation sites is 4. The predicted octanol–water partition coefficient (Wildman–Crippen LogP) is 15.6. The second kappa shape index (κ2) is 13.0. The van der Waals surface area contributed by atoms with Gasteiger partial charge in [-0.05, 0) is 162 Å². The molecule has 0 aliphatic carbocycles. The summed E-state index contributed by atoms with van der Waals surface area (Å²) in [4.78, 5) is 6.20. The molecule has 0 N–H and O–H groups in total. The van der Waals surface area contributed by atoms with Crippen LogP contribution in [0.3, 0.4) is 0 Å². The zero-order chi connectivity index (χ0) is 39.9. The molecular weight excluding hydrogens is 729 g/mol. The van der Waals surface area contributed by atoms with Crippen LogP contribution in [-0.4, -0.2) is 4.57 Å². The number of hydrogen-bond donors (Lipinski definition) is 0. The lowest BCUT2D eigenvalue weighted by molar-refractivity contribution is 1.18. The van der Waals surface area contributed by atoms with Gasteiger partial charge in [0.05, 0.1) is 29.2 Å². The normalized spacial score (nSPS) is 11.6. The second-order valence-electron chi connectivity index (χ2n) is 15.5. The number of nitrogens with zero attached hydrogens (tertiary/aromatic N) is 4. The molecule has 0 radical (unpaired) electrons. The topological polar surface area (TPSA) is 36.3 Å². The Bertz CT molecular complexity index is 3800. The summed E-state index contributed by atoms with van der Waals surface area (Å²) < 4.78 is 2.36. The molecule has 0 spiro atoms. The molecule has 276 valence electrons. The molecule has 0 atom stereocenters. The van der Waals surface area contributed by atoms with Crippen molar-refractivity contribution in [1.29, 1.82) is 5.26 Å². The van der Waals surface area contributed by atoms with Gasteiger partial charge in [-0.15, -0.1) is 0 Å². The van der Waals surface area contributed by atoms with Crippen LogP contribution in [0, 0.1) is 17.9 Å². The zero-order valence-electron chi connectivity index (χ0n) is 32.3. The number of fused-ring (bicyclic) bond motifs is 15. The smallest absolute Gasteiger partial charge is 0.187 e. The Balaban J connectivity index is 1.22. The number of nitriles is 1. The van der Waals surface area contributed by atoms with E-state index in [0.717, 1.165) is 98.4 Å². The van der Waals surface area contributed by atoms with Gasteiger partial charge < -0.3 is 9.47 Å². The van der Waals surface area contributed by atoms with Crippen LogP contribution in [0.5, 0.6) is 0 Å². The van der Waals surface area contributed by atoms with E-state index >= 15 is 0 Å². The average molecular weight is 761 g/mol. The zero-order valence-corrected chi connectivity index (χ0v) is 32.3. The first-order chi connectivity index (χ1) is 29.7. The summed E-state index contributed by atoms with van der Waals surface area (Å²) in [7, 11) is 0. The molecule has 0 saturated heterocycles. The van der Waals surface area contributed by atoms with Gasteiger partial charge in [-0.25, -0.2) is 4.85 Å². The maximum Gasteiger partial charge on any atom is 0.187 e. The molecule has 0 aliphatic heterocycles. The number of aromatic nitrogens is 1. The van der Waals surface area contributed by atoms with E-state index in [4.69, 9.17) is 6.57 Å². The van der Waals surface area contributed by atoms with Gasteiger partial charge >= 0.3 is 0 Å². The van der Waals surface area contributed by atoms with E-state index in [1.165, 1.54) is 10.8 Å². The predicted molar refractivity (Wildman–Crippen MR) is 251 cm³/mol. The first kappa shape index (κ1) is 33.7. The SMILES string of the molecule is [C-]#[N+]c1ccc2c(c1)c1cc3c(cc1c1ccc(N(c4ccccc4)c4ccccc4)cc21)c1cc(C#N)ccc1c1cc2c(cc31)c1ccccc1n2-c1ccccc1. The van der Waals surface area contributed by atoms with Crippen molar-refractivity contribution < 1.29 is 0 Å². The summed E-state index contributed by atoms with van der Waals surface area (Å²) in [5.74, 6) is 0. The molecule has 1 heterocycles. The quantitative estimate of drug-likeness (QED) is 0.102. The van der Waals surface area contributed by atoms with Crippen LogP contribution in [0.2, 0.25) is 0 Å². The number of anilines is 3. The minimum absolute atomic E-state index is 0.604. The monoisotopic (exact) mass is 760 g/mol. The van der Waals surface area contributed by atoms with Crippen molar-refractivity contribution in [3.05, 3.63) is 211 Å². The summed E-state index contributed by atoms with van der Waals surface area (Å²) in [6, 6.07) is 71.0. The fourth-order valence-corrected chi connectivity index (χ4v) is 9.67. The van der Waals surface area contributed by atoms with Crippen molar-refractivity contribution in [1.82, 2.24) is 4.57 Å². The Morgan fingerprint density at radius 2 is 0.883 bits per heavy atom. The summed E-state index contributed by atoms with van der Waals surface area (Å²) in [6.07, 6.45) is 0. The molecule has 0 fully saturated rings. The number of rotatable bonds is 4. The maximum atomic E-state index is 10.2. The number of benzene rings is 11. The summed E-state index contributed by atoms with van der Waals surface area (Å²) in [5, 5.41) is 25.8. The Labute approximate surface area is 345 Å². The Hall–Kier alpha value is -8.44. The molecule has 1 aromatic heterocycles. The maximum absolute atomic E-state index is 10.2. The highest BCUT2D eigenvalue weighted by Gasteiger charge is 2.20. The molecule has 0 amide bonds.